The molecule has 104 valence electrons. The van der Waals surface area contributed by atoms with Crippen molar-refractivity contribution in [2.75, 3.05) is 32.7 Å². The molecule has 18 heavy (non-hydrogen) atoms. The normalized spacial score (nSPS) is 23.4. The molecule has 1 saturated carbocycles. The number of piperidine rings is 1. The number of nitrogens with zero attached hydrogens (tertiary/aromatic N) is 2. The van der Waals surface area contributed by atoms with Gasteiger partial charge in [-0.1, -0.05) is 13.8 Å². The number of hydrogen-bond acceptors (Lipinski definition) is 3. The van der Waals surface area contributed by atoms with Gasteiger partial charge >= 0.3 is 0 Å². The fraction of sp³-hybridized carbons (Fsp3) is 0.929. The SMILES string of the molecule is CCN(CC)C1CCN(C(=O)C2(CN)CC2)CC1. The summed E-state index contributed by atoms with van der Waals surface area (Å²) in [6.45, 7) is 9.03. The topological polar surface area (TPSA) is 49.6 Å². The highest BCUT2D eigenvalue weighted by molar-refractivity contribution is 5.85. The van der Waals surface area contributed by atoms with Crippen LogP contribution < -0.4 is 5.73 Å². The minimum absolute atomic E-state index is 0.165. The van der Waals surface area contributed by atoms with Gasteiger partial charge in [-0.25, -0.2) is 0 Å². The first kappa shape index (κ1) is 13.8. The van der Waals surface area contributed by atoms with Crippen LogP contribution in [0.1, 0.15) is 39.5 Å². The summed E-state index contributed by atoms with van der Waals surface area (Å²) in [5.41, 5.74) is 5.57. The molecular weight excluding hydrogens is 226 g/mol. The highest BCUT2D eigenvalue weighted by atomic mass is 16.2. The Morgan fingerprint density at radius 2 is 1.83 bits per heavy atom. The van der Waals surface area contributed by atoms with Crippen LogP contribution in [0.5, 0.6) is 0 Å². The minimum Gasteiger partial charge on any atom is -0.342 e. The molecule has 0 bridgehead atoms. The molecule has 2 rings (SSSR count). The molecule has 2 aliphatic rings. The Bertz CT molecular complexity index is 289. The molecule has 1 amide bonds. The average molecular weight is 253 g/mol. The van der Waals surface area contributed by atoms with E-state index in [0.29, 0.717) is 18.5 Å². The zero-order chi connectivity index (χ0) is 13.2. The van der Waals surface area contributed by atoms with Crippen LogP contribution in [0.15, 0.2) is 0 Å². The second-order valence-corrected chi connectivity index (χ2v) is 5.73. The molecule has 0 atom stereocenters. The summed E-state index contributed by atoms with van der Waals surface area (Å²) in [6, 6.07) is 0.664. The summed E-state index contributed by atoms with van der Waals surface area (Å²) in [5.74, 6) is 0.322. The van der Waals surface area contributed by atoms with Crippen LogP contribution in [0.25, 0.3) is 0 Å². The maximum atomic E-state index is 12.4. The Morgan fingerprint density at radius 1 is 1.28 bits per heavy atom. The number of amides is 1. The van der Waals surface area contributed by atoms with Gasteiger partial charge in [0, 0.05) is 25.7 Å². The van der Waals surface area contributed by atoms with E-state index in [9.17, 15) is 4.79 Å². The Hall–Kier alpha value is -0.610. The molecule has 0 spiro atoms. The first-order valence-electron chi connectivity index (χ1n) is 7.40. The third kappa shape index (κ3) is 2.54. The van der Waals surface area contributed by atoms with E-state index in [-0.39, 0.29) is 5.41 Å². The highest BCUT2D eigenvalue weighted by Crippen LogP contribution is 2.46. The molecule has 2 fully saturated rings. The monoisotopic (exact) mass is 253 g/mol. The molecule has 1 aliphatic carbocycles. The van der Waals surface area contributed by atoms with Crippen LogP contribution >= 0.6 is 0 Å². The molecule has 2 N–H and O–H groups in total. The standard InChI is InChI=1S/C14H27N3O/c1-3-16(4-2)12-5-9-17(10-6-12)13(18)14(11-15)7-8-14/h12H,3-11,15H2,1-2H3. The van der Waals surface area contributed by atoms with Crippen LogP contribution in [0.2, 0.25) is 0 Å². The van der Waals surface area contributed by atoms with Crippen molar-refractivity contribution >= 4 is 5.91 Å². The zero-order valence-corrected chi connectivity index (χ0v) is 11.8. The summed E-state index contributed by atoms with van der Waals surface area (Å²) in [6.07, 6.45) is 4.23. The first-order chi connectivity index (χ1) is 8.66. The molecular formula is C14H27N3O. The quantitative estimate of drug-likeness (QED) is 0.797. The predicted molar refractivity (Wildman–Crippen MR) is 73.2 cm³/mol. The Morgan fingerprint density at radius 3 is 2.22 bits per heavy atom. The molecule has 1 aliphatic heterocycles. The highest BCUT2D eigenvalue weighted by Gasteiger charge is 2.50. The molecule has 0 aromatic carbocycles. The zero-order valence-electron chi connectivity index (χ0n) is 11.8. The van der Waals surface area contributed by atoms with Crippen LogP contribution in [-0.4, -0.2) is 54.5 Å². The van der Waals surface area contributed by atoms with E-state index >= 15 is 0 Å². The van der Waals surface area contributed by atoms with Gasteiger partial charge in [0.1, 0.15) is 0 Å². The Labute approximate surface area is 110 Å². The Balaban J connectivity index is 1.85. The lowest BCUT2D eigenvalue weighted by atomic mass is 9.99. The third-order valence-corrected chi connectivity index (χ3v) is 4.78. The number of rotatable bonds is 5. The Kier molecular flexibility index (Phi) is 4.28. The van der Waals surface area contributed by atoms with Gasteiger partial charge in [-0.2, -0.15) is 0 Å². The summed E-state index contributed by atoms with van der Waals surface area (Å²) >= 11 is 0. The van der Waals surface area contributed by atoms with Crippen molar-refractivity contribution in [1.29, 1.82) is 0 Å². The van der Waals surface area contributed by atoms with Crippen molar-refractivity contribution in [3.63, 3.8) is 0 Å². The number of nitrogens with two attached hydrogens (primary N) is 1. The van der Waals surface area contributed by atoms with Gasteiger partial charge in [0.15, 0.2) is 0 Å². The van der Waals surface area contributed by atoms with Crippen molar-refractivity contribution in [3.05, 3.63) is 0 Å². The van der Waals surface area contributed by atoms with Gasteiger partial charge < -0.3 is 15.5 Å². The first-order valence-corrected chi connectivity index (χ1v) is 7.40. The summed E-state index contributed by atoms with van der Waals surface area (Å²) in [4.78, 5) is 16.9. The lowest BCUT2D eigenvalue weighted by molar-refractivity contribution is -0.138. The van der Waals surface area contributed by atoms with Gasteiger partial charge in [-0.3, -0.25) is 4.79 Å². The number of likely N-dealkylation sites (tertiary alicyclic amines) is 1. The molecule has 4 heteroatoms. The van der Waals surface area contributed by atoms with E-state index in [1.54, 1.807) is 0 Å². The van der Waals surface area contributed by atoms with Crippen molar-refractivity contribution < 1.29 is 4.79 Å². The van der Waals surface area contributed by atoms with Crippen molar-refractivity contribution in [3.8, 4) is 0 Å². The van der Waals surface area contributed by atoms with Gasteiger partial charge in [0.2, 0.25) is 5.91 Å². The van der Waals surface area contributed by atoms with E-state index in [2.05, 4.69) is 23.6 Å². The lowest BCUT2D eigenvalue weighted by Gasteiger charge is -2.38. The molecule has 0 unspecified atom stereocenters. The number of carbonyl (C=O) groups excluding carboxylic acids is 1. The van der Waals surface area contributed by atoms with Crippen LogP contribution in [-0.2, 0) is 4.79 Å². The van der Waals surface area contributed by atoms with E-state index in [4.69, 9.17) is 5.73 Å². The fourth-order valence-corrected chi connectivity index (χ4v) is 3.17. The van der Waals surface area contributed by atoms with Crippen LogP contribution in [0.3, 0.4) is 0 Å². The maximum Gasteiger partial charge on any atom is 0.230 e. The average Bonchev–Trinajstić information content (AvgIpc) is 3.21. The van der Waals surface area contributed by atoms with Crippen molar-refractivity contribution in [2.45, 2.75) is 45.6 Å². The second-order valence-electron chi connectivity index (χ2n) is 5.73. The fourth-order valence-electron chi connectivity index (χ4n) is 3.17. The van der Waals surface area contributed by atoms with Gasteiger partial charge in [-0.15, -0.1) is 0 Å². The van der Waals surface area contributed by atoms with Gasteiger partial charge in [0.05, 0.1) is 5.41 Å². The molecule has 0 radical (unpaired) electrons. The minimum atomic E-state index is -0.165. The van der Waals surface area contributed by atoms with Gasteiger partial charge in [-0.05, 0) is 38.8 Å². The van der Waals surface area contributed by atoms with E-state index < -0.39 is 0 Å². The number of carbonyl (C=O) groups is 1. The van der Waals surface area contributed by atoms with E-state index in [1.165, 1.54) is 0 Å². The smallest absolute Gasteiger partial charge is 0.230 e. The number of hydrogen-bond donors (Lipinski definition) is 1. The molecule has 4 nitrogen and oxygen atoms in total. The molecule has 0 aromatic rings. The summed E-state index contributed by atoms with van der Waals surface area (Å²) in [5, 5.41) is 0. The van der Waals surface area contributed by atoms with E-state index in [0.717, 1.165) is 51.9 Å². The van der Waals surface area contributed by atoms with Crippen LogP contribution in [0, 0.1) is 5.41 Å². The lowest BCUT2D eigenvalue weighted by Crippen LogP contribution is -2.49. The summed E-state index contributed by atoms with van der Waals surface area (Å²) in [7, 11) is 0. The van der Waals surface area contributed by atoms with Gasteiger partial charge in [0.25, 0.3) is 0 Å². The summed E-state index contributed by atoms with van der Waals surface area (Å²) < 4.78 is 0. The largest absolute Gasteiger partial charge is 0.342 e. The molecule has 0 aromatic heterocycles. The molecule has 1 saturated heterocycles. The van der Waals surface area contributed by atoms with Crippen molar-refractivity contribution in [2.24, 2.45) is 11.1 Å². The van der Waals surface area contributed by atoms with Crippen molar-refractivity contribution in [1.82, 2.24) is 9.80 Å². The van der Waals surface area contributed by atoms with E-state index in [1.807, 2.05) is 0 Å². The maximum absolute atomic E-state index is 12.4. The second kappa shape index (κ2) is 5.57. The van der Waals surface area contributed by atoms with Crippen LogP contribution in [0.4, 0.5) is 0 Å². The third-order valence-electron chi connectivity index (χ3n) is 4.78. The predicted octanol–water partition coefficient (Wildman–Crippen LogP) is 1.06. The molecule has 1 heterocycles.